The first kappa shape index (κ1) is 18.6. The predicted octanol–water partition coefficient (Wildman–Crippen LogP) is 0.320. The summed E-state index contributed by atoms with van der Waals surface area (Å²) >= 11 is 0. The number of aliphatic carboxylic acids is 2. The number of amides is 1. The Balaban J connectivity index is 4.21. The lowest BCUT2D eigenvalue weighted by Gasteiger charge is -2.12. The molecule has 0 aromatic heterocycles. The number of nitrogens with one attached hydrogen (secondary N) is 1. The van der Waals surface area contributed by atoms with Gasteiger partial charge in [0, 0.05) is 6.42 Å². The van der Waals surface area contributed by atoms with E-state index in [4.69, 9.17) is 10.2 Å². The van der Waals surface area contributed by atoms with Gasteiger partial charge in [-0.15, -0.1) is 0 Å². The molecule has 0 spiro atoms. The van der Waals surface area contributed by atoms with Gasteiger partial charge in [-0.2, -0.15) is 0 Å². The number of carbonyl (C=O) groups is 4. The molecule has 0 saturated heterocycles. The molecule has 8 heteroatoms. The van der Waals surface area contributed by atoms with E-state index in [-0.39, 0.29) is 32.3 Å². The minimum Gasteiger partial charge on any atom is -0.481 e. The molecule has 0 aromatic rings. The molecule has 1 unspecified atom stereocenters. The fraction of sp³-hybridized carbons (Fsp3) is 0.538. The smallest absolute Gasteiger partial charge is 0.326 e. The Hall–Kier alpha value is -2.38. The van der Waals surface area contributed by atoms with Crippen molar-refractivity contribution in [2.45, 2.75) is 38.6 Å². The van der Waals surface area contributed by atoms with Crippen molar-refractivity contribution in [3.05, 3.63) is 12.2 Å². The van der Waals surface area contributed by atoms with Crippen LogP contribution in [0.5, 0.6) is 0 Å². The van der Waals surface area contributed by atoms with E-state index in [1.54, 1.807) is 6.92 Å². The van der Waals surface area contributed by atoms with Crippen molar-refractivity contribution in [2.24, 2.45) is 0 Å². The number of carboxylic acid groups (broad SMARTS) is 2. The molecular weight excluding hydrogens is 282 g/mol. The van der Waals surface area contributed by atoms with Crippen LogP contribution in [0.1, 0.15) is 32.6 Å². The molecule has 0 aromatic carbocycles. The second-order valence-electron chi connectivity index (χ2n) is 4.07. The van der Waals surface area contributed by atoms with E-state index in [9.17, 15) is 19.2 Å². The minimum atomic E-state index is -1.24. The molecule has 3 N–H and O–H groups in total. The monoisotopic (exact) mass is 301 g/mol. The van der Waals surface area contributed by atoms with E-state index >= 15 is 0 Å². The number of rotatable bonds is 10. The van der Waals surface area contributed by atoms with Crippen LogP contribution < -0.4 is 5.32 Å². The molecule has 1 atom stereocenters. The molecular formula is C13H19NO7. The Morgan fingerprint density at radius 2 is 1.81 bits per heavy atom. The summed E-state index contributed by atoms with van der Waals surface area (Å²) in [5.41, 5.74) is 0. The van der Waals surface area contributed by atoms with Crippen molar-refractivity contribution in [1.29, 1.82) is 0 Å². The summed E-state index contributed by atoms with van der Waals surface area (Å²) in [6.45, 7) is 1.86. The van der Waals surface area contributed by atoms with Gasteiger partial charge in [0.1, 0.15) is 6.04 Å². The quantitative estimate of drug-likeness (QED) is 0.391. The van der Waals surface area contributed by atoms with E-state index in [1.807, 2.05) is 0 Å². The van der Waals surface area contributed by atoms with Crippen molar-refractivity contribution in [3.8, 4) is 0 Å². The number of hydrogen-bond acceptors (Lipinski definition) is 5. The first-order valence-corrected chi connectivity index (χ1v) is 6.41. The number of ether oxygens (including phenoxy) is 1. The molecule has 0 bridgehead atoms. The lowest BCUT2D eigenvalue weighted by molar-refractivity contribution is -0.145. The van der Waals surface area contributed by atoms with Crippen LogP contribution in [0.25, 0.3) is 0 Å². The lowest BCUT2D eigenvalue weighted by Crippen LogP contribution is -2.40. The average molecular weight is 301 g/mol. The van der Waals surface area contributed by atoms with Gasteiger partial charge in [0.25, 0.3) is 0 Å². The topological polar surface area (TPSA) is 130 Å². The van der Waals surface area contributed by atoms with Crippen LogP contribution in [0.3, 0.4) is 0 Å². The molecule has 0 heterocycles. The normalized spacial score (nSPS) is 11.9. The van der Waals surface area contributed by atoms with Crippen molar-refractivity contribution in [2.75, 3.05) is 6.61 Å². The molecule has 0 saturated carbocycles. The van der Waals surface area contributed by atoms with E-state index < -0.39 is 29.9 Å². The fourth-order valence-electron chi connectivity index (χ4n) is 1.35. The molecule has 0 rings (SSSR count). The van der Waals surface area contributed by atoms with Crippen LogP contribution in [0.2, 0.25) is 0 Å². The average Bonchev–Trinajstić information content (AvgIpc) is 2.39. The van der Waals surface area contributed by atoms with E-state index in [0.717, 1.165) is 0 Å². The fourth-order valence-corrected chi connectivity index (χ4v) is 1.35. The maximum atomic E-state index is 11.5. The van der Waals surface area contributed by atoms with Crippen LogP contribution in [0.4, 0.5) is 0 Å². The summed E-state index contributed by atoms with van der Waals surface area (Å²) in [4.78, 5) is 43.8. The van der Waals surface area contributed by atoms with Crippen molar-refractivity contribution < 1.29 is 34.1 Å². The molecule has 1 amide bonds. The summed E-state index contributed by atoms with van der Waals surface area (Å²) < 4.78 is 4.64. The number of carbonyl (C=O) groups excluding carboxylic acids is 2. The highest BCUT2D eigenvalue weighted by atomic mass is 16.5. The Labute approximate surface area is 121 Å². The van der Waals surface area contributed by atoms with Crippen LogP contribution in [-0.2, 0) is 23.9 Å². The van der Waals surface area contributed by atoms with Gasteiger partial charge in [-0.25, -0.2) is 4.79 Å². The van der Waals surface area contributed by atoms with Crippen LogP contribution >= 0.6 is 0 Å². The Morgan fingerprint density at radius 3 is 2.33 bits per heavy atom. The second-order valence-corrected chi connectivity index (χ2v) is 4.07. The summed E-state index contributed by atoms with van der Waals surface area (Å²) in [6.07, 6.45) is 2.14. The van der Waals surface area contributed by atoms with E-state index in [0.29, 0.717) is 0 Å². The third-order valence-corrected chi connectivity index (χ3v) is 2.33. The second kappa shape index (κ2) is 10.4. The Morgan fingerprint density at radius 1 is 1.14 bits per heavy atom. The zero-order valence-corrected chi connectivity index (χ0v) is 11.7. The molecule has 21 heavy (non-hydrogen) atoms. The van der Waals surface area contributed by atoms with Gasteiger partial charge in [-0.1, -0.05) is 12.2 Å². The molecule has 0 radical (unpaired) electrons. The molecule has 118 valence electrons. The standard InChI is InChI=1S/C13H19NO7/c1-2-21-12(18)8-7-10(15)14-9(13(19)20)5-3-4-6-11(16)17/h3-4,9H,2,5-8H2,1H3,(H,14,15)(H,16,17)(H,19,20). The Kier molecular flexibility index (Phi) is 9.23. The lowest BCUT2D eigenvalue weighted by atomic mass is 10.1. The third-order valence-electron chi connectivity index (χ3n) is 2.33. The predicted molar refractivity (Wildman–Crippen MR) is 71.4 cm³/mol. The third kappa shape index (κ3) is 10.1. The highest BCUT2D eigenvalue weighted by Gasteiger charge is 2.18. The summed E-state index contributed by atoms with van der Waals surface area (Å²) in [6, 6.07) is -1.16. The number of carboxylic acids is 2. The van der Waals surface area contributed by atoms with Gasteiger partial charge >= 0.3 is 17.9 Å². The molecule has 0 aliphatic rings. The van der Waals surface area contributed by atoms with E-state index in [2.05, 4.69) is 10.1 Å². The van der Waals surface area contributed by atoms with Gasteiger partial charge in [-0.3, -0.25) is 14.4 Å². The molecule has 8 nitrogen and oxygen atoms in total. The maximum absolute atomic E-state index is 11.5. The van der Waals surface area contributed by atoms with Gasteiger partial charge in [0.15, 0.2) is 0 Å². The Bertz CT molecular complexity index is 417. The zero-order valence-electron chi connectivity index (χ0n) is 11.7. The highest BCUT2D eigenvalue weighted by Crippen LogP contribution is 1.99. The van der Waals surface area contributed by atoms with Gasteiger partial charge in [-0.05, 0) is 13.3 Å². The summed E-state index contributed by atoms with van der Waals surface area (Å²) in [5.74, 6) is -3.38. The van der Waals surface area contributed by atoms with E-state index in [1.165, 1.54) is 12.2 Å². The maximum Gasteiger partial charge on any atom is 0.326 e. The first-order chi connectivity index (χ1) is 9.86. The van der Waals surface area contributed by atoms with Gasteiger partial charge in [0.05, 0.1) is 19.4 Å². The number of esters is 1. The minimum absolute atomic E-state index is 0.0340. The van der Waals surface area contributed by atoms with Crippen molar-refractivity contribution >= 4 is 23.8 Å². The van der Waals surface area contributed by atoms with Crippen LogP contribution in [-0.4, -0.2) is 46.7 Å². The van der Waals surface area contributed by atoms with Gasteiger partial charge in [0.2, 0.25) is 5.91 Å². The highest BCUT2D eigenvalue weighted by molar-refractivity contribution is 5.85. The van der Waals surface area contributed by atoms with Gasteiger partial charge < -0.3 is 20.3 Å². The molecule has 0 aliphatic carbocycles. The summed E-state index contributed by atoms with van der Waals surface area (Å²) in [5, 5.41) is 19.6. The molecule has 0 fully saturated rings. The summed E-state index contributed by atoms with van der Waals surface area (Å²) in [7, 11) is 0. The van der Waals surface area contributed by atoms with Crippen molar-refractivity contribution in [1.82, 2.24) is 5.32 Å². The largest absolute Gasteiger partial charge is 0.481 e. The SMILES string of the molecule is CCOC(=O)CCC(=O)NC(CC=CCC(=O)O)C(=O)O. The first-order valence-electron chi connectivity index (χ1n) is 6.41. The zero-order chi connectivity index (χ0) is 16.3. The van der Waals surface area contributed by atoms with Crippen LogP contribution in [0.15, 0.2) is 12.2 Å². The van der Waals surface area contributed by atoms with Crippen molar-refractivity contribution in [3.63, 3.8) is 0 Å². The number of hydrogen-bond donors (Lipinski definition) is 3. The van der Waals surface area contributed by atoms with Crippen LogP contribution in [0, 0.1) is 0 Å². The molecule has 0 aliphatic heterocycles.